The molecule has 1 aromatic carbocycles. The standard InChI is InChI=1S/C19H27N5O/c1-16(15-24-10-6-9-20-24)21-17(2)19(25)23-13-11-22(12-14-23)18-7-4-3-5-8-18/h3-10,16-17,21H,11-15H2,1-2H3. The first kappa shape index (κ1) is 17.5. The molecule has 1 saturated heterocycles. The van der Waals surface area contributed by atoms with Crippen LogP contribution in [0.1, 0.15) is 13.8 Å². The summed E-state index contributed by atoms with van der Waals surface area (Å²) in [6.45, 7) is 8.09. The Morgan fingerprint density at radius 3 is 2.48 bits per heavy atom. The van der Waals surface area contributed by atoms with Gasteiger partial charge >= 0.3 is 0 Å². The number of amides is 1. The van der Waals surface area contributed by atoms with Gasteiger partial charge in [0.2, 0.25) is 5.91 Å². The van der Waals surface area contributed by atoms with Crippen LogP contribution in [-0.2, 0) is 11.3 Å². The van der Waals surface area contributed by atoms with Gasteiger partial charge in [-0.3, -0.25) is 9.48 Å². The van der Waals surface area contributed by atoms with Crippen molar-refractivity contribution in [2.45, 2.75) is 32.5 Å². The molecule has 134 valence electrons. The highest BCUT2D eigenvalue weighted by molar-refractivity contribution is 5.81. The molecule has 1 fully saturated rings. The molecule has 0 saturated carbocycles. The number of aromatic nitrogens is 2. The minimum atomic E-state index is -0.186. The van der Waals surface area contributed by atoms with Crippen LogP contribution in [0.4, 0.5) is 5.69 Å². The molecule has 6 heteroatoms. The summed E-state index contributed by atoms with van der Waals surface area (Å²) in [6, 6.07) is 12.3. The van der Waals surface area contributed by atoms with E-state index in [1.807, 2.05) is 34.8 Å². The summed E-state index contributed by atoms with van der Waals surface area (Å²) >= 11 is 0. The fourth-order valence-electron chi connectivity index (χ4n) is 3.34. The van der Waals surface area contributed by atoms with E-state index < -0.39 is 0 Å². The van der Waals surface area contributed by atoms with E-state index in [1.165, 1.54) is 5.69 Å². The predicted octanol–water partition coefficient (Wildman–Crippen LogP) is 1.60. The molecule has 1 amide bonds. The summed E-state index contributed by atoms with van der Waals surface area (Å²) < 4.78 is 1.88. The Hall–Kier alpha value is -2.34. The van der Waals surface area contributed by atoms with Gasteiger partial charge < -0.3 is 15.1 Å². The van der Waals surface area contributed by atoms with E-state index in [0.717, 1.165) is 32.7 Å². The Balaban J connectivity index is 1.46. The van der Waals surface area contributed by atoms with Gasteiger partial charge in [0.05, 0.1) is 12.6 Å². The van der Waals surface area contributed by atoms with E-state index in [2.05, 4.69) is 46.5 Å². The number of benzene rings is 1. The SMILES string of the molecule is CC(Cn1cccn1)NC(C)C(=O)N1CCN(c2ccccc2)CC1. The van der Waals surface area contributed by atoms with E-state index in [1.54, 1.807) is 6.20 Å². The molecule has 2 atom stereocenters. The maximum absolute atomic E-state index is 12.7. The van der Waals surface area contributed by atoms with Crippen LogP contribution in [0.15, 0.2) is 48.8 Å². The van der Waals surface area contributed by atoms with Gasteiger partial charge in [0, 0.05) is 50.3 Å². The van der Waals surface area contributed by atoms with Crippen molar-refractivity contribution in [3.8, 4) is 0 Å². The molecule has 2 aromatic rings. The lowest BCUT2D eigenvalue weighted by atomic mass is 10.2. The Kier molecular flexibility index (Phi) is 5.71. The zero-order chi connectivity index (χ0) is 17.6. The fourth-order valence-corrected chi connectivity index (χ4v) is 3.34. The third-order valence-electron chi connectivity index (χ3n) is 4.64. The topological polar surface area (TPSA) is 53.4 Å². The molecule has 0 spiro atoms. The smallest absolute Gasteiger partial charge is 0.239 e. The molecule has 2 unspecified atom stereocenters. The minimum absolute atomic E-state index is 0.181. The van der Waals surface area contributed by atoms with Crippen LogP contribution >= 0.6 is 0 Å². The molecule has 25 heavy (non-hydrogen) atoms. The average Bonchev–Trinajstić information content (AvgIpc) is 3.14. The third kappa shape index (κ3) is 4.60. The highest BCUT2D eigenvalue weighted by atomic mass is 16.2. The maximum Gasteiger partial charge on any atom is 0.239 e. The summed E-state index contributed by atoms with van der Waals surface area (Å²) in [6.07, 6.45) is 3.71. The number of nitrogens with one attached hydrogen (secondary N) is 1. The van der Waals surface area contributed by atoms with Gasteiger partial charge in [-0.25, -0.2) is 0 Å². The largest absolute Gasteiger partial charge is 0.368 e. The van der Waals surface area contributed by atoms with Crippen molar-refractivity contribution in [3.05, 3.63) is 48.8 Å². The Bertz CT molecular complexity index is 650. The number of para-hydroxylation sites is 1. The second-order valence-corrected chi connectivity index (χ2v) is 6.67. The van der Waals surface area contributed by atoms with Crippen molar-refractivity contribution in [1.82, 2.24) is 20.0 Å². The van der Waals surface area contributed by atoms with Gasteiger partial charge in [0.25, 0.3) is 0 Å². The molecule has 1 aromatic heterocycles. The van der Waals surface area contributed by atoms with E-state index >= 15 is 0 Å². The highest BCUT2D eigenvalue weighted by Gasteiger charge is 2.25. The normalized spacial score (nSPS) is 17.4. The van der Waals surface area contributed by atoms with Crippen LogP contribution in [0.5, 0.6) is 0 Å². The van der Waals surface area contributed by atoms with Gasteiger partial charge in [0.15, 0.2) is 0 Å². The maximum atomic E-state index is 12.7. The second kappa shape index (κ2) is 8.16. The second-order valence-electron chi connectivity index (χ2n) is 6.67. The van der Waals surface area contributed by atoms with Crippen LogP contribution < -0.4 is 10.2 Å². The molecule has 0 bridgehead atoms. The van der Waals surface area contributed by atoms with Crippen molar-refractivity contribution in [2.24, 2.45) is 0 Å². The number of hydrogen-bond acceptors (Lipinski definition) is 4. The zero-order valence-electron chi connectivity index (χ0n) is 15.0. The van der Waals surface area contributed by atoms with Gasteiger partial charge in [-0.05, 0) is 32.0 Å². The monoisotopic (exact) mass is 341 g/mol. The van der Waals surface area contributed by atoms with Crippen LogP contribution in [0.25, 0.3) is 0 Å². The molecular weight excluding hydrogens is 314 g/mol. The molecule has 6 nitrogen and oxygen atoms in total. The lowest BCUT2D eigenvalue weighted by Gasteiger charge is -2.37. The Labute approximate surface area is 149 Å². The number of nitrogens with zero attached hydrogens (tertiary/aromatic N) is 4. The molecule has 1 N–H and O–H groups in total. The molecule has 1 aliphatic rings. The number of rotatable bonds is 6. The van der Waals surface area contributed by atoms with Crippen molar-refractivity contribution in [2.75, 3.05) is 31.1 Å². The first-order chi connectivity index (χ1) is 12.1. The lowest BCUT2D eigenvalue weighted by Crippen LogP contribution is -2.54. The van der Waals surface area contributed by atoms with Gasteiger partial charge in [-0.15, -0.1) is 0 Å². The van der Waals surface area contributed by atoms with Gasteiger partial charge in [-0.2, -0.15) is 5.10 Å². The summed E-state index contributed by atoms with van der Waals surface area (Å²) in [4.78, 5) is 17.0. The Morgan fingerprint density at radius 1 is 1.12 bits per heavy atom. The summed E-state index contributed by atoms with van der Waals surface area (Å²) in [7, 11) is 0. The predicted molar refractivity (Wildman–Crippen MR) is 99.5 cm³/mol. The van der Waals surface area contributed by atoms with E-state index in [-0.39, 0.29) is 18.0 Å². The quantitative estimate of drug-likeness (QED) is 0.867. The van der Waals surface area contributed by atoms with Crippen molar-refractivity contribution >= 4 is 11.6 Å². The highest BCUT2D eigenvalue weighted by Crippen LogP contribution is 2.16. The lowest BCUT2D eigenvalue weighted by molar-refractivity contribution is -0.133. The van der Waals surface area contributed by atoms with Gasteiger partial charge in [0.1, 0.15) is 0 Å². The van der Waals surface area contributed by atoms with E-state index in [9.17, 15) is 4.79 Å². The Morgan fingerprint density at radius 2 is 1.84 bits per heavy atom. The van der Waals surface area contributed by atoms with Crippen molar-refractivity contribution in [1.29, 1.82) is 0 Å². The number of carbonyl (C=O) groups is 1. The number of carbonyl (C=O) groups excluding carboxylic acids is 1. The zero-order valence-corrected chi connectivity index (χ0v) is 15.0. The number of hydrogen-bond donors (Lipinski definition) is 1. The molecule has 3 rings (SSSR count). The molecular formula is C19H27N5O. The van der Waals surface area contributed by atoms with Crippen molar-refractivity contribution < 1.29 is 4.79 Å². The summed E-state index contributed by atoms with van der Waals surface area (Å²) in [5.74, 6) is 0.181. The number of anilines is 1. The van der Waals surface area contributed by atoms with Crippen molar-refractivity contribution in [3.63, 3.8) is 0 Å². The fraction of sp³-hybridized carbons (Fsp3) is 0.474. The molecule has 1 aliphatic heterocycles. The first-order valence-corrected chi connectivity index (χ1v) is 8.96. The van der Waals surface area contributed by atoms with E-state index in [4.69, 9.17) is 0 Å². The summed E-state index contributed by atoms with van der Waals surface area (Å²) in [5.41, 5.74) is 1.23. The average molecular weight is 341 g/mol. The number of piperazine rings is 1. The van der Waals surface area contributed by atoms with Gasteiger partial charge in [-0.1, -0.05) is 18.2 Å². The van der Waals surface area contributed by atoms with Crippen LogP contribution in [-0.4, -0.2) is 58.9 Å². The summed E-state index contributed by atoms with van der Waals surface area (Å²) in [5, 5.41) is 7.60. The molecule has 2 heterocycles. The minimum Gasteiger partial charge on any atom is -0.368 e. The molecule has 0 radical (unpaired) electrons. The first-order valence-electron chi connectivity index (χ1n) is 8.96. The van der Waals surface area contributed by atoms with Crippen LogP contribution in [0.3, 0.4) is 0 Å². The van der Waals surface area contributed by atoms with E-state index in [0.29, 0.717) is 0 Å². The van der Waals surface area contributed by atoms with Crippen LogP contribution in [0.2, 0.25) is 0 Å². The van der Waals surface area contributed by atoms with Crippen LogP contribution in [0, 0.1) is 0 Å². The third-order valence-corrected chi connectivity index (χ3v) is 4.64. The molecule has 0 aliphatic carbocycles.